The van der Waals surface area contributed by atoms with Gasteiger partial charge in [-0.25, -0.2) is 4.57 Å². The first-order valence-corrected chi connectivity index (χ1v) is 8.48. The molecule has 0 bridgehead atoms. The van der Waals surface area contributed by atoms with Crippen LogP contribution in [0.5, 0.6) is 0 Å². The summed E-state index contributed by atoms with van der Waals surface area (Å²) in [5.74, 6) is 0.336. The summed E-state index contributed by atoms with van der Waals surface area (Å²) in [5.41, 5.74) is 1.42. The number of nitriles is 2. The molecular formula is C16H19N2O4P. The summed E-state index contributed by atoms with van der Waals surface area (Å²) in [4.78, 5) is 0. The van der Waals surface area contributed by atoms with Crippen molar-refractivity contribution in [3.05, 3.63) is 41.5 Å². The molecule has 1 aromatic carbocycles. The fraction of sp³-hybridized carbons (Fsp3) is 0.375. The Bertz CT molecular complexity index is 631. The van der Waals surface area contributed by atoms with Crippen molar-refractivity contribution in [2.75, 3.05) is 14.2 Å². The monoisotopic (exact) mass is 334 g/mol. The van der Waals surface area contributed by atoms with Crippen LogP contribution >= 0.6 is 7.82 Å². The van der Waals surface area contributed by atoms with Crippen LogP contribution in [0.4, 0.5) is 0 Å². The van der Waals surface area contributed by atoms with Crippen molar-refractivity contribution >= 4 is 13.6 Å². The quantitative estimate of drug-likeness (QED) is 0.490. The number of rotatable bonds is 9. The number of nitrogens with zero attached hydrogens (tertiary/aromatic N) is 2. The number of phosphoric acid groups is 1. The van der Waals surface area contributed by atoms with Crippen molar-refractivity contribution in [2.24, 2.45) is 0 Å². The van der Waals surface area contributed by atoms with Crippen LogP contribution in [0.2, 0.25) is 0 Å². The van der Waals surface area contributed by atoms with Crippen LogP contribution in [0.25, 0.3) is 5.76 Å². The van der Waals surface area contributed by atoms with Gasteiger partial charge in [0.05, 0.1) is 12.1 Å². The molecule has 0 aliphatic heterocycles. The van der Waals surface area contributed by atoms with Crippen molar-refractivity contribution in [1.82, 2.24) is 0 Å². The number of benzene rings is 1. The highest BCUT2D eigenvalue weighted by atomic mass is 31.2. The van der Waals surface area contributed by atoms with Crippen molar-refractivity contribution in [3.63, 3.8) is 0 Å². The van der Waals surface area contributed by atoms with Gasteiger partial charge in [-0.1, -0.05) is 30.3 Å². The number of hydrogen-bond donors (Lipinski definition) is 0. The molecule has 0 N–H and O–H groups in total. The zero-order chi connectivity index (χ0) is 17.1. The second kappa shape index (κ2) is 9.82. The lowest BCUT2D eigenvalue weighted by Gasteiger charge is -2.20. The lowest BCUT2D eigenvalue weighted by molar-refractivity contribution is 0.200. The molecule has 0 aliphatic carbocycles. The van der Waals surface area contributed by atoms with Gasteiger partial charge in [0.15, 0.2) is 0 Å². The Balaban J connectivity index is 3.33. The van der Waals surface area contributed by atoms with E-state index in [9.17, 15) is 4.57 Å². The van der Waals surface area contributed by atoms with Crippen LogP contribution in [0.15, 0.2) is 35.9 Å². The maximum Gasteiger partial charge on any atom is 0.529 e. The summed E-state index contributed by atoms with van der Waals surface area (Å²) in [7, 11) is -1.28. The van der Waals surface area contributed by atoms with Gasteiger partial charge in [0.1, 0.15) is 5.76 Å². The smallest absolute Gasteiger partial charge is 0.403 e. The summed E-state index contributed by atoms with van der Waals surface area (Å²) in [6, 6.07) is 13.2. The summed E-state index contributed by atoms with van der Waals surface area (Å²) in [5, 5.41) is 17.7. The lowest BCUT2D eigenvalue weighted by atomic mass is 10.0. The highest BCUT2D eigenvalue weighted by molar-refractivity contribution is 7.48. The van der Waals surface area contributed by atoms with E-state index in [0.29, 0.717) is 24.2 Å². The molecule has 1 rings (SSSR count). The molecule has 0 saturated carbocycles. The highest BCUT2D eigenvalue weighted by Crippen LogP contribution is 2.52. The SMILES string of the molecule is COP(=O)(OC)OC(=C(CCC#N)CCC#N)c1ccccc1. The standard InChI is InChI=1S/C16H19N2O4P/c1-20-23(19,21-2)22-16(14-8-4-3-5-9-14)15(10-6-12-17)11-7-13-18/h3-5,8-9H,6-7,10-11H2,1-2H3. The Hall–Kier alpha value is -2.11. The molecule has 6 nitrogen and oxygen atoms in total. The summed E-state index contributed by atoms with van der Waals surface area (Å²) in [6.07, 6.45) is 1.36. The summed E-state index contributed by atoms with van der Waals surface area (Å²) in [6.45, 7) is 0. The van der Waals surface area contributed by atoms with Crippen LogP contribution in [0.1, 0.15) is 31.2 Å². The van der Waals surface area contributed by atoms with Crippen LogP contribution in [0, 0.1) is 22.7 Å². The second-order valence-electron chi connectivity index (χ2n) is 4.52. The fourth-order valence-electron chi connectivity index (χ4n) is 1.94. The van der Waals surface area contributed by atoms with E-state index in [0.717, 1.165) is 5.57 Å². The van der Waals surface area contributed by atoms with Crippen molar-refractivity contribution < 1.29 is 18.1 Å². The maximum atomic E-state index is 12.4. The van der Waals surface area contributed by atoms with E-state index in [1.54, 1.807) is 12.1 Å². The molecule has 1 aromatic rings. The van der Waals surface area contributed by atoms with Gasteiger partial charge in [0.2, 0.25) is 0 Å². The highest BCUT2D eigenvalue weighted by Gasteiger charge is 2.28. The normalized spacial score (nSPS) is 10.4. The van der Waals surface area contributed by atoms with Gasteiger partial charge in [-0.2, -0.15) is 10.5 Å². The van der Waals surface area contributed by atoms with E-state index in [1.807, 2.05) is 18.2 Å². The average molecular weight is 334 g/mol. The summed E-state index contributed by atoms with van der Waals surface area (Å²) < 4.78 is 27.6. The van der Waals surface area contributed by atoms with Crippen molar-refractivity contribution in [2.45, 2.75) is 25.7 Å². The van der Waals surface area contributed by atoms with Crippen LogP contribution in [-0.2, 0) is 18.1 Å². The van der Waals surface area contributed by atoms with Gasteiger partial charge in [-0.05, 0) is 18.4 Å². The van der Waals surface area contributed by atoms with Gasteiger partial charge in [0, 0.05) is 32.6 Å². The molecule has 0 radical (unpaired) electrons. The molecule has 0 aliphatic rings. The minimum absolute atomic E-state index is 0.269. The lowest BCUT2D eigenvalue weighted by Crippen LogP contribution is -2.00. The molecule has 0 saturated heterocycles. The third kappa shape index (κ3) is 5.88. The topological polar surface area (TPSA) is 92.3 Å². The molecular weight excluding hydrogens is 315 g/mol. The van der Waals surface area contributed by atoms with Crippen LogP contribution in [0.3, 0.4) is 0 Å². The minimum Gasteiger partial charge on any atom is -0.403 e. The van der Waals surface area contributed by atoms with E-state index in [-0.39, 0.29) is 12.8 Å². The van der Waals surface area contributed by atoms with E-state index in [4.69, 9.17) is 24.1 Å². The number of hydrogen-bond acceptors (Lipinski definition) is 6. The van der Waals surface area contributed by atoms with Gasteiger partial charge in [-0.15, -0.1) is 0 Å². The molecule has 0 unspecified atom stereocenters. The molecule has 0 amide bonds. The molecule has 0 atom stereocenters. The number of phosphoric ester groups is 1. The van der Waals surface area contributed by atoms with Gasteiger partial charge < -0.3 is 4.52 Å². The number of allylic oxidation sites excluding steroid dienone is 1. The van der Waals surface area contributed by atoms with Gasteiger partial charge >= 0.3 is 7.82 Å². The Kier molecular flexibility index (Phi) is 8.08. The molecule has 122 valence electrons. The predicted molar refractivity (Wildman–Crippen MR) is 85.8 cm³/mol. The molecule has 0 heterocycles. The Morgan fingerprint density at radius 1 is 1.04 bits per heavy atom. The third-order valence-corrected chi connectivity index (χ3v) is 4.39. The maximum absolute atomic E-state index is 12.4. The predicted octanol–water partition coefficient (Wildman–Crippen LogP) is 4.42. The van der Waals surface area contributed by atoms with Gasteiger partial charge in [-0.3, -0.25) is 9.05 Å². The minimum atomic E-state index is -3.74. The zero-order valence-electron chi connectivity index (χ0n) is 13.2. The first-order chi connectivity index (χ1) is 11.1. The fourth-order valence-corrected chi connectivity index (χ4v) is 2.69. The Morgan fingerprint density at radius 3 is 2.00 bits per heavy atom. The van der Waals surface area contributed by atoms with E-state index < -0.39 is 7.82 Å². The Morgan fingerprint density at radius 2 is 1.57 bits per heavy atom. The van der Waals surface area contributed by atoms with Crippen LogP contribution in [-0.4, -0.2) is 14.2 Å². The average Bonchev–Trinajstić information content (AvgIpc) is 2.61. The molecule has 0 spiro atoms. The van der Waals surface area contributed by atoms with Gasteiger partial charge in [0.25, 0.3) is 0 Å². The van der Waals surface area contributed by atoms with E-state index in [2.05, 4.69) is 12.1 Å². The zero-order valence-corrected chi connectivity index (χ0v) is 14.1. The first-order valence-electron chi connectivity index (χ1n) is 7.02. The molecule has 7 heteroatoms. The second-order valence-corrected chi connectivity index (χ2v) is 6.33. The third-order valence-electron chi connectivity index (χ3n) is 3.08. The molecule has 23 heavy (non-hydrogen) atoms. The van der Waals surface area contributed by atoms with Crippen LogP contribution < -0.4 is 0 Å². The van der Waals surface area contributed by atoms with E-state index in [1.165, 1.54) is 14.2 Å². The van der Waals surface area contributed by atoms with Crippen molar-refractivity contribution in [1.29, 1.82) is 10.5 Å². The van der Waals surface area contributed by atoms with Crippen molar-refractivity contribution in [3.8, 4) is 12.1 Å². The molecule has 0 fully saturated rings. The Labute approximate surface area is 136 Å². The largest absolute Gasteiger partial charge is 0.529 e. The molecule has 0 aromatic heterocycles. The first kappa shape index (κ1) is 18.9. The van der Waals surface area contributed by atoms with E-state index >= 15 is 0 Å². The summed E-state index contributed by atoms with van der Waals surface area (Å²) >= 11 is 0.